The summed E-state index contributed by atoms with van der Waals surface area (Å²) < 4.78 is 16.0. The molecule has 27 heavy (non-hydrogen) atoms. The number of ether oxygens (including phenoxy) is 3. The third-order valence-electron chi connectivity index (χ3n) is 3.74. The number of carbonyl (C=O) groups is 2. The van der Waals surface area contributed by atoms with E-state index in [1.54, 1.807) is 48.5 Å². The van der Waals surface area contributed by atoms with E-state index in [-0.39, 0.29) is 13.0 Å². The van der Waals surface area contributed by atoms with Crippen molar-refractivity contribution in [1.29, 1.82) is 0 Å². The molecule has 7 nitrogen and oxygen atoms in total. The van der Waals surface area contributed by atoms with Crippen molar-refractivity contribution in [3.63, 3.8) is 0 Å². The number of carboxylic acid groups (broad SMARTS) is 1. The Balaban J connectivity index is 2.02. The van der Waals surface area contributed by atoms with Gasteiger partial charge in [0.05, 0.1) is 26.2 Å². The number of rotatable bonds is 10. The number of para-hydroxylation sites is 2. The van der Waals surface area contributed by atoms with Crippen molar-refractivity contribution in [2.75, 3.05) is 20.3 Å². The lowest BCUT2D eigenvalue weighted by atomic mass is 10.0. The summed E-state index contributed by atoms with van der Waals surface area (Å²) in [5, 5.41) is 11.8. The Hall–Kier alpha value is -3.22. The molecule has 0 aliphatic heterocycles. The average molecular weight is 373 g/mol. The average Bonchev–Trinajstić information content (AvgIpc) is 2.66. The lowest BCUT2D eigenvalue weighted by molar-refractivity contribution is -0.137. The first kappa shape index (κ1) is 20.1. The van der Waals surface area contributed by atoms with E-state index in [0.717, 1.165) is 0 Å². The fourth-order valence-corrected chi connectivity index (χ4v) is 2.51. The lowest BCUT2D eigenvalue weighted by Crippen LogP contribution is -2.33. The predicted octanol–water partition coefficient (Wildman–Crippen LogP) is 2.80. The summed E-state index contributed by atoms with van der Waals surface area (Å²) in [5.41, 5.74) is 0.673. The summed E-state index contributed by atoms with van der Waals surface area (Å²) in [7, 11) is 1.51. The van der Waals surface area contributed by atoms with E-state index >= 15 is 0 Å². The molecular formula is C20H23NO6. The van der Waals surface area contributed by atoms with Crippen molar-refractivity contribution in [1.82, 2.24) is 5.32 Å². The van der Waals surface area contributed by atoms with E-state index in [1.165, 1.54) is 7.11 Å². The van der Waals surface area contributed by atoms with Crippen LogP contribution in [0.2, 0.25) is 0 Å². The number of benzene rings is 2. The monoisotopic (exact) mass is 373 g/mol. The Labute approximate surface area is 157 Å². The van der Waals surface area contributed by atoms with Crippen LogP contribution < -0.4 is 19.5 Å². The van der Waals surface area contributed by atoms with Crippen LogP contribution in [0.4, 0.5) is 0 Å². The normalized spacial score (nSPS) is 11.3. The summed E-state index contributed by atoms with van der Waals surface area (Å²) in [5.74, 6) is 0.187. The van der Waals surface area contributed by atoms with Gasteiger partial charge in [-0.05, 0) is 36.8 Å². The van der Waals surface area contributed by atoms with E-state index in [1.807, 2.05) is 6.92 Å². The van der Waals surface area contributed by atoms with Crippen LogP contribution in [0.15, 0.2) is 48.5 Å². The molecule has 1 atom stereocenters. The molecule has 0 radical (unpaired) electrons. The number of methoxy groups -OCH3 is 1. The Morgan fingerprint density at radius 1 is 1.04 bits per heavy atom. The van der Waals surface area contributed by atoms with Crippen LogP contribution in [-0.2, 0) is 9.59 Å². The maximum atomic E-state index is 12.3. The standard InChI is InChI=1S/C20H23NO6/c1-3-26-15-10-8-14(9-11-15)16(12-20(23)24)21-19(22)13-27-18-7-5-4-6-17(18)25-2/h4-11,16H,3,12-13H2,1-2H3,(H,21,22)(H,23,24)/t16-/m0/s1. The minimum atomic E-state index is -1.01. The molecule has 1 amide bonds. The summed E-state index contributed by atoms with van der Waals surface area (Å²) in [6, 6.07) is 13.2. The number of amides is 1. The van der Waals surface area contributed by atoms with E-state index < -0.39 is 17.9 Å². The molecule has 7 heteroatoms. The summed E-state index contributed by atoms with van der Waals surface area (Å²) in [4.78, 5) is 23.4. The molecule has 0 aromatic heterocycles. The highest BCUT2D eigenvalue weighted by Gasteiger charge is 2.19. The van der Waals surface area contributed by atoms with Crippen LogP contribution >= 0.6 is 0 Å². The Morgan fingerprint density at radius 2 is 1.70 bits per heavy atom. The predicted molar refractivity (Wildman–Crippen MR) is 99.2 cm³/mol. The van der Waals surface area contributed by atoms with Crippen molar-refractivity contribution >= 4 is 11.9 Å². The summed E-state index contributed by atoms with van der Waals surface area (Å²) >= 11 is 0. The molecule has 0 saturated carbocycles. The molecule has 2 aromatic carbocycles. The van der Waals surface area contributed by atoms with Crippen LogP contribution in [0.25, 0.3) is 0 Å². The number of aliphatic carboxylic acids is 1. The van der Waals surface area contributed by atoms with E-state index in [9.17, 15) is 9.59 Å². The molecule has 0 aliphatic carbocycles. The molecule has 0 bridgehead atoms. The van der Waals surface area contributed by atoms with Gasteiger partial charge in [-0.15, -0.1) is 0 Å². The summed E-state index contributed by atoms with van der Waals surface area (Å²) in [6.45, 7) is 2.16. The fraction of sp³-hybridized carbons (Fsp3) is 0.300. The maximum absolute atomic E-state index is 12.3. The first-order valence-electron chi connectivity index (χ1n) is 8.53. The van der Waals surface area contributed by atoms with Crippen molar-refractivity contribution in [2.24, 2.45) is 0 Å². The smallest absolute Gasteiger partial charge is 0.305 e. The molecule has 0 fully saturated rings. The molecule has 0 saturated heterocycles. The van der Waals surface area contributed by atoms with Crippen molar-refractivity contribution in [3.05, 3.63) is 54.1 Å². The fourth-order valence-electron chi connectivity index (χ4n) is 2.51. The second kappa shape index (κ2) is 10.1. The molecule has 144 valence electrons. The van der Waals surface area contributed by atoms with Gasteiger partial charge in [0.15, 0.2) is 18.1 Å². The molecule has 0 aliphatic rings. The summed E-state index contributed by atoms with van der Waals surface area (Å²) in [6.07, 6.45) is -0.242. The Kier molecular flexibility index (Phi) is 7.49. The number of carbonyl (C=O) groups excluding carboxylic acids is 1. The van der Waals surface area contributed by atoms with Crippen LogP contribution in [0.5, 0.6) is 17.2 Å². The molecular weight excluding hydrogens is 350 g/mol. The van der Waals surface area contributed by atoms with Crippen molar-refractivity contribution in [3.8, 4) is 17.2 Å². The lowest BCUT2D eigenvalue weighted by Gasteiger charge is -2.18. The topological polar surface area (TPSA) is 94.1 Å². The zero-order chi connectivity index (χ0) is 19.6. The molecule has 0 spiro atoms. The molecule has 0 heterocycles. The highest BCUT2D eigenvalue weighted by Crippen LogP contribution is 2.26. The quantitative estimate of drug-likeness (QED) is 0.665. The second-order valence-electron chi connectivity index (χ2n) is 5.66. The SMILES string of the molecule is CCOc1ccc([C@H](CC(=O)O)NC(=O)COc2ccccc2OC)cc1. The van der Waals surface area contributed by atoms with Crippen LogP contribution in [0.3, 0.4) is 0 Å². The molecule has 0 unspecified atom stereocenters. The first-order valence-corrected chi connectivity index (χ1v) is 8.53. The first-order chi connectivity index (χ1) is 13.0. The van der Waals surface area contributed by atoms with E-state index in [2.05, 4.69) is 5.32 Å². The minimum absolute atomic E-state index is 0.242. The highest BCUT2D eigenvalue weighted by molar-refractivity contribution is 5.79. The molecule has 2 aromatic rings. The van der Waals surface area contributed by atoms with Gasteiger partial charge in [-0.25, -0.2) is 0 Å². The van der Waals surface area contributed by atoms with Gasteiger partial charge in [0.2, 0.25) is 0 Å². The Bertz CT molecular complexity index is 759. The van der Waals surface area contributed by atoms with Gasteiger partial charge in [0, 0.05) is 0 Å². The van der Waals surface area contributed by atoms with Crippen LogP contribution in [0, 0.1) is 0 Å². The van der Waals surface area contributed by atoms with E-state index in [0.29, 0.717) is 29.4 Å². The maximum Gasteiger partial charge on any atom is 0.305 e. The number of nitrogens with one attached hydrogen (secondary N) is 1. The van der Waals surface area contributed by atoms with Gasteiger partial charge < -0.3 is 24.6 Å². The number of hydrogen-bond acceptors (Lipinski definition) is 5. The van der Waals surface area contributed by atoms with Crippen LogP contribution in [0.1, 0.15) is 24.9 Å². The highest BCUT2D eigenvalue weighted by atomic mass is 16.5. The van der Waals surface area contributed by atoms with Gasteiger partial charge in [-0.3, -0.25) is 9.59 Å². The molecule has 2 N–H and O–H groups in total. The van der Waals surface area contributed by atoms with Gasteiger partial charge in [-0.2, -0.15) is 0 Å². The third kappa shape index (κ3) is 6.22. The number of hydrogen-bond donors (Lipinski definition) is 2. The van der Waals surface area contributed by atoms with Crippen molar-refractivity contribution < 1.29 is 28.9 Å². The molecule has 2 rings (SSSR count). The Morgan fingerprint density at radius 3 is 2.30 bits per heavy atom. The second-order valence-corrected chi connectivity index (χ2v) is 5.66. The van der Waals surface area contributed by atoms with Gasteiger partial charge in [-0.1, -0.05) is 24.3 Å². The largest absolute Gasteiger partial charge is 0.494 e. The van der Waals surface area contributed by atoms with Crippen LogP contribution in [-0.4, -0.2) is 37.3 Å². The van der Waals surface area contributed by atoms with Crippen molar-refractivity contribution in [2.45, 2.75) is 19.4 Å². The third-order valence-corrected chi connectivity index (χ3v) is 3.74. The zero-order valence-electron chi connectivity index (χ0n) is 15.3. The van der Waals surface area contributed by atoms with Gasteiger partial charge >= 0.3 is 5.97 Å². The van der Waals surface area contributed by atoms with Gasteiger partial charge in [0.25, 0.3) is 5.91 Å². The van der Waals surface area contributed by atoms with Gasteiger partial charge in [0.1, 0.15) is 5.75 Å². The number of carboxylic acids is 1. The minimum Gasteiger partial charge on any atom is -0.494 e. The zero-order valence-corrected chi connectivity index (χ0v) is 15.3. The van der Waals surface area contributed by atoms with E-state index in [4.69, 9.17) is 19.3 Å².